The van der Waals surface area contributed by atoms with Crippen LogP contribution in [0.25, 0.3) is 10.2 Å². The van der Waals surface area contributed by atoms with E-state index in [4.69, 9.17) is 14.2 Å². The number of carbonyl (C=O) groups is 1. The Balaban J connectivity index is 2.46. The van der Waals surface area contributed by atoms with Gasteiger partial charge in [0.05, 0.1) is 28.3 Å². The van der Waals surface area contributed by atoms with Crippen molar-refractivity contribution in [1.29, 1.82) is 0 Å². The zero-order chi connectivity index (χ0) is 20.6. The highest BCUT2D eigenvalue weighted by atomic mass is 79.9. The maximum absolute atomic E-state index is 12.3. The normalized spacial score (nSPS) is 13.7. The number of benzene rings is 1. The highest BCUT2D eigenvalue weighted by Gasteiger charge is 2.29. The number of ether oxygens (including phenoxy) is 3. The van der Waals surface area contributed by atoms with Crippen molar-refractivity contribution in [2.24, 2.45) is 5.41 Å². The van der Waals surface area contributed by atoms with Crippen LogP contribution in [0.2, 0.25) is 0 Å². The molecule has 0 aliphatic heterocycles. The van der Waals surface area contributed by atoms with Crippen molar-refractivity contribution in [1.82, 2.24) is 4.98 Å². The van der Waals surface area contributed by atoms with E-state index in [0.717, 1.165) is 25.8 Å². The van der Waals surface area contributed by atoms with E-state index in [1.54, 1.807) is 7.11 Å². The summed E-state index contributed by atoms with van der Waals surface area (Å²) in [7, 11) is 1.61. The lowest BCUT2D eigenvalue weighted by Crippen LogP contribution is -2.29. The maximum Gasteiger partial charge on any atom is 0.311 e. The molecule has 0 fully saturated rings. The van der Waals surface area contributed by atoms with Crippen LogP contribution in [0.4, 0.5) is 0 Å². The molecule has 1 atom stereocenters. The molecule has 0 amide bonds. The molecule has 0 N–H and O–H groups in total. The van der Waals surface area contributed by atoms with Gasteiger partial charge in [-0.25, -0.2) is 4.98 Å². The number of hydrogen-bond acceptors (Lipinski definition) is 6. The minimum atomic E-state index is -0.562. The molecule has 1 heterocycles. The van der Waals surface area contributed by atoms with E-state index in [9.17, 15) is 4.79 Å². The standard InChI is InChI=1S/C20H28BrNO4S/c1-11-9-12-16(27-18(22-12)24-8)15(21)14(11)13(26-20(5,6)7)10-25-17(23)19(2,3)4/h9,13H,10H2,1-8H3. The minimum Gasteiger partial charge on any atom is -0.473 e. The number of esters is 1. The van der Waals surface area contributed by atoms with Crippen LogP contribution in [-0.4, -0.2) is 30.3 Å². The van der Waals surface area contributed by atoms with Crippen LogP contribution in [0.3, 0.4) is 0 Å². The predicted octanol–water partition coefficient (Wildman–Crippen LogP) is 5.82. The van der Waals surface area contributed by atoms with Gasteiger partial charge in [-0.1, -0.05) is 11.3 Å². The summed E-state index contributed by atoms with van der Waals surface area (Å²) in [4.78, 5) is 16.8. The van der Waals surface area contributed by atoms with Crippen LogP contribution in [0, 0.1) is 12.3 Å². The third-order valence-corrected chi connectivity index (χ3v) is 5.95. The summed E-state index contributed by atoms with van der Waals surface area (Å²) in [5, 5.41) is 0.606. The fraction of sp³-hybridized carbons (Fsp3) is 0.600. The lowest BCUT2D eigenvalue weighted by Gasteiger charge is -2.30. The van der Waals surface area contributed by atoms with Crippen molar-refractivity contribution in [3.8, 4) is 5.19 Å². The molecule has 150 valence electrons. The quantitative estimate of drug-likeness (QED) is 0.529. The summed E-state index contributed by atoms with van der Waals surface area (Å²) >= 11 is 5.19. The zero-order valence-corrected chi connectivity index (χ0v) is 19.6. The fourth-order valence-electron chi connectivity index (χ4n) is 2.60. The van der Waals surface area contributed by atoms with Crippen LogP contribution in [0.1, 0.15) is 58.8 Å². The summed E-state index contributed by atoms with van der Waals surface area (Å²) in [6.07, 6.45) is -0.400. The number of aromatic nitrogens is 1. The SMILES string of the molecule is COc1nc2cc(C)c(C(COC(=O)C(C)(C)C)OC(C)(C)C)c(Br)c2s1. The lowest BCUT2D eigenvalue weighted by atomic mass is 9.97. The van der Waals surface area contributed by atoms with Gasteiger partial charge in [-0.2, -0.15) is 0 Å². The fourth-order valence-corrected chi connectivity index (χ4v) is 4.42. The number of carbonyl (C=O) groups excluding carboxylic acids is 1. The summed E-state index contributed by atoms with van der Waals surface area (Å²) in [5.74, 6) is -0.251. The number of halogens is 1. The second kappa shape index (κ2) is 8.05. The number of fused-ring (bicyclic) bond motifs is 1. The lowest BCUT2D eigenvalue weighted by molar-refractivity contribution is -0.162. The van der Waals surface area contributed by atoms with Gasteiger partial charge in [-0.3, -0.25) is 4.79 Å². The van der Waals surface area contributed by atoms with Crippen LogP contribution in [-0.2, 0) is 14.3 Å². The Bertz CT molecular complexity index is 833. The topological polar surface area (TPSA) is 57.7 Å². The first kappa shape index (κ1) is 22.1. The van der Waals surface area contributed by atoms with Gasteiger partial charge < -0.3 is 14.2 Å². The largest absolute Gasteiger partial charge is 0.473 e. The van der Waals surface area contributed by atoms with E-state index in [-0.39, 0.29) is 12.6 Å². The molecule has 0 saturated heterocycles. The van der Waals surface area contributed by atoms with E-state index in [1.165, 1.54) is 11.3 Å². The molecule has 0 radical (unpaired) electrons. The number of thiazole rings is 1. The first-order chi connectivity index (χ1) is 12.3. The highest BCUT2D eigenvalue weighted by molar-refractivity contribution is 9.10. The van der Waals surface area contributed by atoms with Gasteiger partial charge in [-0.05, 0) is 76.0 Å². The van der Waals surface area contributed by atoms with Crippen LogP contribution in [0.5, 0.6) is 5.19 Å². The molecule has 7 heteroatoms. The van der Waals surface area contributed by atoms with Crippen molar-refractivity contribution in [3.05, 3.63) is 21.7 Å². The van der Waals surface area contributed by atoms with E-state index in [0.29, 0.717) is 5.19 Å². The number of nitrogens with zero attached hydrogens (tertiary/aromatic N) is 1. The average Bonchev–Trinajstić information content (AvgIpc) is 2.93. The number of methoxy groups -OCH3 is 1. The van der Waals surface area contributed by atoms with Crippen LogP contribution in [0.15, 0.2) is 10.5 Å². The molecule has 0 aliphatic rings. The molecular weight excluding hydrogens is 430 g/mol. The smallest absolute Gasteiger partial charge is 0.311 e. The first-order valence-electron chi connectivity index (χ1n) is 8.82. The van der Waals surface area contributed by atoms with Gasteiger partial charge in [0, 0.05) is 10.0 Å². The molecule has 2 aromatic rings. The molecule has 0 bridgehead atoms. The van der Waals surface area contributed by atoms with E-state index in [1.807, 2.05) is 54.5 Å². The molecule has 27 heavy (non-hydrogen) atoms. The van der Waals surface area contributed by atoms with Crippen molar-refractivity contribution in [2.45, 2.75) is 60.2 Å². The predicted molar refractivity (Wildman–Crippen MR) is 113 cm³/mol. The van der Waals surface area contributed by atoms with E-state index < -0.39 is 17.1 Å². The molecule has 1 aromatic heterocycles. The van der Waals surface area contributed by atoms with Gasteiger partial charge in [0.1, 0.15) is 12.7 Å². The van der Waals surface area contributed by atoms with Gasteiger partial charge >= 0.3 is 5.97 Å². The summed E-state index contributed by atoms with van der Waals surface area (Å²) in [6.45, 7) is 13.6. The Hall–Kier alpha value is -1.18. The summed E-state index contributed by atoms with van der Waals surface area (Å²) in [5.41, 5.74) is 1.89. The zero-order valence-electron chi connectivity index (χ0n) is 17.2. The maximum atomic E-state index is 12.3. The molecule has 0 aliphatic carbocycles. The molecule has 0 spiro atoms. The molecule has 1 unspecified atom stereocenters. The summed E-state index contributed by atoms with van der Waals surface area (Å²) in [6, 6.07) is 2.01. The third-order valence-electron chi connectivity index (χ3n) is 3.82. The monoisotopic (exact) mass is 457 g/mol. The van der Waals surface area contributed by atoms with Gasteiger partial charge in [-0.15, -0.1) is 0 Å². The minimum absolute atomic E-state index is 0.147. The second-order valence-corrected chi connectivity index (χ2v) is 10.3. The molecular formula is C20H28BrNO4S. The Morgan fingerprint density at radius 3 is 2.41 bits per heavy atom. The summed E-state index contributed by atoms with van der Waals surface area (Å²) < 4.78 is 19.0. The van der Waals surface area contributed by atoms with Gasteiger partial charge in [0.25, 0.3) is 5.19 Å². The van der Waals surface area contributed by atoms with E-state index >= 15 is 0 Å². The second-order valence-electron chi connectivity index (χ2n) is 8.52. The molecule has 2 rings (SSSR count). The van der Waals surface area contributed by atoms with Crippen LogP contribution >= 0.6 is 27.3 Å². The Labute approximate surface area is 173 Å². The van der Waals surface area contributed by atoms with Gasteiger partial charge in [0.15, 0.2) is 0 Å². The van der Waals surface area contributed by atoms with Crippen molar-refractivity contribution < 1.29 is 19.0 Å². The van der Waals surface area contributed by atoms with E-state index in [2.05, 4.69) is 20.9 Å². The number of aryl methyl sites for hydroxylation is 1. The molecule has 1 aromatic carbocycles. The number of rotatable bonds is 5. The Morgan fingerprint density at radius 2 is 1.89 bits per heavy atom. The van der Waals surface area contributed by atoms with Crippen molar-refractivity contribution >= 4 is 43.5 Å². The van der Waals surface area contributed by atoms with Crippen molar-refractivity contribution in [3.63, 3.8) is 0 Å². The Kier molecular flexibility index (Phi) is 6.59. The number of hydrogen-bond donors (Lipinski definition) is 0. The Morgan fingerprint density at radius 1 is 1.26 bits per heavy atom. The highest BCUT2D eigenvalue weighted by Crippen LogP contribution is 2.41. The van der Waals surface area contributed by atoms with Crippen LogP contribution < -0.4 is 4.74 Å². The van der Waals surface area contributed by atoms with Crippen molar-refractivity contribution in [2.75, 3.05) is 13.7 Å². The van der Waals surface area contributed by atoms with Gasteiger partial charge in [0.2, 0.25) is 0 Å². The molecule has 0 saturated carbocycles. The average molecular weight is 458 g/mol. The molecule has 5 nitrogen and oxygen atoms in total. The third kappa shape index (κ3) is 5.42. The first-order valence-corrected chi connectivity index (χ1v) is 10.4.